The summed E-state index contributed by atoms with van der Waals surface area (Å²) in [6.45, 7) is 2.14. The van der Waals surface area contributed by atoms with Crippen LogP contribution in [0.15, 0.2) is 4.99 Å². The molecule has 0 aromatic heterocycles. The standard InChI is InChI=1S/C10H20N2O2S2/c1-3-4-5-6-7-8-10(12-9-15)16(13,14)11-2/h10-11H,3-8H2,1-2H3. The first-order valence-electron chi connectivity index (χ1n) is 5.57. The maximum Gasteiger partial charge on any atom is 0.235 e. The van der Waals surface area contributed by atoms with Crippen molar-refractivity contribution in [2.45, 2.75) is 50.8 Å². The molecule has 6 heteroatoms. The van der Waals surface area contributed by atoms with Crippen molar-refractivity contribution in [2.75, 3.05) is 7.05 Å². The highest BCUT2D eigenvalue weighted by Crippen LogP contribution is 2.12. The number of hydrogen-bond donors (Lipinski definition) is 1. The maximum absolute atomic E-state index is 11.5. The molecule has 0 radical (unpaired) electrons. The number of isothiocyanates is 1. The lowest BCUT2D eigenvalue weighted by Gasteiger charge is -2.10. The van der Waals surface area contributed by atoms with Gasteiger partial charge < -0.3 is 0 Å². The normalized spacial score (nSPS) is 13.1. The van der Waals surface area contributed by atoms with Crippen molar-refractivity contribution >= 4 is 27.4 Å². The fourth-order valence-electron chi connectivity index (χ4n) is 1.41. The molecule has 94 valence electrons. The second kappa shape index (κ2) is 8.82. The third kappa shape index (κ3) is 6.33. The van der Waals surface area contributed by atoms with E-state index in [0.29, 0.717) is 6.42 Å². The van der Waals surface area contributed by atoms with Gasteiger partial charge in [0.15, 0.2) is 5.37 Å². The summed E-state index contributed by atoms with van der Waals surface area (Å²) >= 11 is 4.46. The van der Waals surface area contributed by atoms with Crippen LogP contribution < -0.4 is 4.72 Å². The number of nitrogens with zero attached hydrogens (tertiary/aromatic N) is 1. The van der Waals surface area contributed by atoms with Crippen LogP contribution in [0.25, 0.3) is 0 Å². The largest absolute Gasteiger partial charge is 0.235 e. The van der Waals surface area contributed by atoms with Crippen molar-refractivity contribution in [3.05, 3.63) is 0 Å². The van der Waals surface area contributed by atoms with E-state index in [1.807, 2.05) is 0 Å². The SMILES string of the molecule is CCCCCCCC(N=C=S)S(=O)(=O)NC. The van der Waals surface area contributed by atoms with Crippen molar-refractivity contribution in [3.8, 4) is 0 Å². The molecule has 0 bridgehead atoms. The summed E-state index contributed by atoms with van der Waals surface area (Å²) in [4.78, 5) is 3.70. The smallest absolute Gasteiger partial charge is 0.216 e. The Hall–Kier alpha value is -0.290. The third-order valence-electron chi connectivity index (χ3n) is 2.39. The van der Waals surface area contributed by atoms with Crippen LogP contribution in [0, 0.1) is 0 Å². The summed E-state index contributed by atoms with van der Waals surface area (Å²) in [5, 5.41) is 1.37. The summed E-state index contributed by atoms with van der Waals surface area (Å²) in [6, 6.07) is 0. The van der Waals surface area contributed by atoms with Crippen molar-refractivity contribution in [3.63, 3.8) is 0 Å². The number of thiocarbonyl (C=S) groups is 1. The Bertz CT molecular complexity index is 322. The topological polar surface area (TPSA) is 58.5 Å². The van der Waals surface area contributed by atoms with E-state index in [2.05, 4.69) is 34.0 Å². The lowest BCUT2D eigenvalue weighted by atomic mass is 10.1. The Morgan fingerprint density at radius 3 is 2.44 bits per heavy atom. The molecular formula is C10H20N2O2S2. The zero-order valence-electron chi connectivity index (χ0n) is 9.90. The molecule has 0 heterocycles. The van der Waals surface area contributed by atoms with E-state index in [-0.39, 0.29) is 0 Å². The molecule has 0 rings (SSSR count). The molecule has 1 N–H and O–H groups in total. The van der Waals surface area contributed by atoms with E-state index in [4.69, 9.17) is 0 Å². The van der Waals surface area contributed by atoms with Gasteiger partial charge in [-0.2, -0.15) is 0 Å². The van der Waals surface area contributed by atoms with Gasteiger partial charge in [0.2, 0.25) is 10.0 Å². The van der Waals surface area contributed by atoms with Crippen LogP contribution in [-0.2, 0) is 10.0 Å². The molecule has 0 aromatic rings. The average Bonchev–Trinajstić information content (AvgIpc) is 2.27. The van der Waals surface area contributed by atoms with E-state index < -0.39 is 15.4 Å². The summed E-state index contributed by atoms with van der Waals surface area (Å²) in [5.74, 6) is 0. The lowest BCUT2D eigenvalue weighted by Crippen LogP contribution is -2.30. The molecule has 0 amide bonds. The van der Waals surface area contributed by atoms with E-state index in [0.717, 1.165) is 19.3 Å². The average molecular weight is 264 g/mol. The Balaban J connectivity index is 4.11. The number of rotatable bonds is 9. The summed E-state index contributed by atoms with van der Waals surface area (Å²) < 4.78 is 25.3. The first-order valence-corrected chi connectivity index (χ1v) is 7.53. The van der Waals surface area contributed by atoms with Gasteiger partial charge in [0.25, 0.3) is 0 Å². The number of unbranched alkanes of at least 4 members (excludes halogenated alkanes) is 4. The van der Waals surface area contributed by atoms with Gasteiger partial charge in [0.05, 0.1) is 5.16 Å². The van der Waals surface area contributed by atoms with E-state index in [1.54, 1.807) is 0 Å². The highest BCUT2D eigenvalue weighted by atomic mass is 32.2. The summed E-state index contributed by atoms with van der Waals surface area (Å²) in [5.41, 5.74) is 0. The summed E-state index contributed by atoms with van der Waals surface area (Å²) in [6.07, 6.45) is 5.92. The first kappa shape index (κ1) is 15.7. The molecule has 0 spiro atoms. The number of nitrogens with one attached hydrogen (secondary N) is 1. The molecule has 0 aromatic carbocycles. The molecule has 16 heavy (non-hydrogen) atoms. The Morgan fingerprint density at radius 1 is 1.31 bits per heavy atom. The number of sulfonamides is 1. The third-order valence-corrected chi connectivity index (χ3v) is 4.13. The highest BCUT2D eigenvalue weighted by Gasteiger charge is 2.21. The van der Waals surface area contributed by atoms with Crippen LogP contribution in [0.4, 0.5) is 0 Å². The minimum Gasteiger partial charge on any atom is -0.216 e. The molecule has 4 nitrogen and oxygen atoms in total. The zero-order chi connectivity index (χ0) is 12.4. The van der Waals surface area contributed by atoms with Gasteiger partial charge in [0, 0.05) is 0 Å². The molecule has 0 aliphatic rings. The Kier molecular flexibility index (Phi) is 8.66. The molecule has 0 saturated heterocycles. The Labute approximate surface area is 104 Å². The van der Waals surface area contributed by atoms with Gasteiger partial charge in [-0.1, -0.05) is 39.0 Å². The van der Waals surface area contributed by atoms with Crippen LogP contribution in [0.3, 0.4) is 0 Å². The summed E-state index contributed by atoms with van der Waals surface area (Å²) in [7, 11) is -1.97. The van der Waals surface area contributed by atoms with E-state index >= 15 is 0 Å². The van der Waals surface area contributed by atoms with Gasteiger partial charge in [-0.3, -0.25) is 0 Å². The molecule has 0 aliphatic carbocycles. The monoisotopic (exact) mass is 264 g/mol. The van der Waals surface area contributed by atoms with Crippen molar-refractivity contribution in [1.29, 1.82) is 0 Å². The van der Waals surface area contributed by atoms with E-state index in [1.165, 1.54) is 19.9 Å². The van der Waals surface area contributed by atoms with Gasteiger partial charge in [-0.05, 0) is 25.7 Å². The second-order valence-corrected chi connectivity index (χ2v) is 5.85. The number of aliphatic imine (C=N–C) groups is 1. The highest BCUT2D eigenvalue weighted by molar-refractivity contribution is 7.90. The fourth-order valence-corrected chi connectivity index (χ4v) is 2.54. The van der Waals surface area contributed by atoms with E-state index in [9.17, 15) is 8.42 Å². The lowest BCUT2D eigenvalue weighted by molar-refractivity contribution is 0.548. The van der Waals surface area contributed by atoms with Gasteiger partial charge >= 0.3 is 0 Å². The van der Waals surface area contributed by atoms with Crippen molar-refractivity contribution in [2.24, 2.45) is 4.99 Å². The van der Waals surface area contributed by atoms with Crippen molar-refractivity contribution in [1.82, 2.24) is 4.72 Å². The van der Waals surface area contributed by atoms with Crippen LogP contribution >= 0.6 is 12.2 Å². The van der Waals surface area contributed by atoms with Crippen LogP contribution in [-0.4, -0.2) is 26.0 Å². The van der Waals surface area contributed by atoms with Gasteiger partial charge in [-0.15, -0.1) is 0 Å². The number of hydrogen-bond acceptors (Lipinski definition) is 4. The predicted octanol–water partition coefficient (Wildman–Crippen LogP) is 2.33. The zero-order valence-corrected chi connectivity index (χ0v) is 11.5. The molecule has 1 unspecified atom stereocenters. The first-order chi connectivity index (χ1) is 7.58. The fraction of sp³-hybridized carbons (Fsp3) is 0.900. The predicted molar refractivity (Wildman–Crippen MR) is 70.2 cm³/mol. The van der Waals surface area contributed by atoms with Crippen LogP contribution in [0.2, 0.25) is 0 Å². The molecule has 0 saturated carbocycles. The maximum atomic E-state index is 11.5. The van der Waals surface area contributed by atoms with Crippen molar-refractivity contribution < 1.29 is 8.42 Å². The van der Waals surface area contributed by atoms with Crippen LogP contribution in [0.5, 0.6) is 0 Å². The Morgan fingerprint density at radius 2 is 1.94 bits per heavy atom. The molecule has 0 aliphatic heterocycles. The second-order valence-electron chi connectivity index (χ2n) is 3.63. The minimum atomic E-state index is -3.36. The van der Waals surface area contributed by atoms with Gasteiger partial charge in [0.1, 0.15) is 0 Å². The molecule has 0 fully saturated rings. The molecular weight excluding hydrogens is 244 g/mol. The van der Waals surface area contributed by atoms with Crippen LogP contribution in [0.1, 0.15) is 45.4 Å². The van der Waals surface area contributed by atoms with Gasteiger partial charge in [-0.25, -0.2) is 18.1 Å². The minimum absolute atomic E-state index is 0.510. The quantitative estimate of drug-likeness (QED) is 0.395. The molecule has 1 atom stereocenters.